The number of carbonyl (C=O) groups excluding carboxylic acids is 1. The zero-order chi connectivity index (χ0) is 14.3. The van der Waals surface area contributed by atoms with Crippen molar-refractivity contribution in [3.05, 3.63) is 18.0 Å². The Bertz CT molecular complexity index is 510. The minimum Gasteiger partial charge on any atom is -0.397 e. The highest BCUT2D eigenvalue weighted by Gasteiger charge is 2.36. The first-order chi connectivity index (χ1) is 9.56. The zero-order valence-electron chi connectivity index (χ0n) is 12.4. The van der Waals surface area contributed by atoms with Gasteiger partial charge in [-0.1, -0.05) is 0 Å². The molecule has 0 bridgehead atoms. The summed E-state index contributed by atoms with van der Waals surface area (Å²) in [6.45, 7) is 2.94. The van der Waals surface area contributed by atoms with Gasteiger partial charge in [-0.3, -0.25) is 4.79 Å². The van der Waals surface area contributed by atoms with Crippen molar-refractivity contribution in [1.29, 1.82) is 0 Å². The fourth-order valence-corrected chi connectivity index (χ4v) is 3.80. The van der Waals surface area contributed by atoms with Crippen LogP contribution in [-0.4, -0.2) is 53.0 Å². The van der Waals surface area contributed by atoms with Crippen LogP contribution < -0.4 is 5.73 Å². The van der Waals surface area contributed by atoms with Gasteiger partial charge < -0.3 is 20.1 Å². The van der Waals surface area contributed by atoms with Crippen LogP contribution >= 0.6 is 0 Å². The first-order valence-corrected chi connectivity index (χ1v) is 7.47. The molecule has 1 amide bonds. The van der Waals surface area contributed by atoms with Gasteiger partial charge in [0.2, 0.25) is 0 Å². The lowest BCUT2D eigenvalue weighted by Crippen LogP contribution is -2.54. The summed E-state index contributed by atoms with van der Waals surface area (Å²) < 4.78 is 1.83. The number of aryl methyl sites for hydroxylation is 1. The minimum absolute atomic E-state index is 0.121. The molecule has 2 aliphatic rings. The van der Waals surface area contributed by atoms with E-state index in [1.807, 2.05) is 16.5 Å². The van der Waals surface area contributed by atoms with Gasteiger partial charge in [0.1, 0.15) is 5.69 Å². The number of nitrogens with two attached hydrogens (primary N) is 1. The summed E-state index contributed by atoms with van der Waals surface area (Å²) >= 11 is 0. The maximum atomic E-state index is 12.6. The molecule has 2 saturated heterocycles. The monoisotopic (exact) mass is 276 g/mol. The first kappa shape index (κ1) is 13.5. The lowest BCUT2D eigenvalue weighted by Gasteiger charge is -2.45. The van der Waals surface area contributed by atoms with E-state index in [1.165, 1.54) is 19.4 Å². The molecule has 0 aromatic carbocycles. The summed E-state index contributed by atoms with van der Waals surface area (Å²) in [5.74, 6) is 0.750. The molecule has 3 rings (SSSR count). The number of rotatable bonds is 1. The third-order valence-corrected chi connectivity index (χ3v) is 4.88. The van der Waals surface area contributed by atoms with Gasteiger partial charge in [-0.15, -0.1) is 0 Å². The molecule has 0 radical (unpaired) electrons. The molecule has 5 nitrogen and oxygen atoms in total. The Balaban J connectivity index is 1.73. The minimum atomic E-state index is 0.121. The molecule has 2 unspecified atom stereocenters. The van der Waals surface area contributed by atoms with Gasteiger partial charge in [0.05, 0.1) is 5.69 Å². The van der Waals surface area contributed by atoms with Crippen LogP contribution in [0, 0.1) is 5.92 Å². The van der Waals surface area contributed by atoms with Crippen molar-refractivity contribution in [3.8, 4) is 0 Å². The van der Waals surface area contributed by atoms with E-state index < -0.39 is 0 Å². The van der Waals surface area contributed by atoms with Crippen LogP contribution in [0.5, 0.6) is 0 Å². The number of likely N-dealkylation sites (tertiary alicyclic amines) is 2. The molecule has 2 fully saturated rings. The Labute approximate surface area is 120 Å². The van der Waals surface area contributed by atoms with Crippen molar-refractivity contribution in [1.82, 2.24) is 14.4 Å². The Hall–Kier alpha value is -1.49. The molecule has 110 valence electrons. The second-order valence-electron chi connectivity index (χ2n) is 6.26. The Morgan fingerprint density at radius 3 is 2.80 bits per heavy atom. The maximum absolute atomic E-state index is 12.6. The number of nitrogens with zero attached hydrogens (tertiary/aromatic N) is 3. The van der Waals surface area contributed by atoms with Crippen molar-refractivity contribution in [2.24, 2.45) is 13.0 Å². The summed E-state index contributed by atoms with van der Waals surface area (Å²) in [5.41, 5.74) is 7.13. The second-order valence-corrected chi connectivity index (χ2v) is 6.26. The van der Waals surface area contributed by atoms with Gasteiger partial charge in [-0.05, 0) is 44.8 Å². The Morgan fingerprint density at radius 1 is 1.30 bits per heavy atom. The molecule has 1 aromatic rings. The number of anilines is 1. The van der Waals surface area contributed by atoms with Gasteiger partial charge >= 0.3 is 0 Å². The van der Waals surface area contributed by atoms with E-state index in [4.69, 9.17) is 5.73 Å². The van der Waals surface area contributed by atoms with Crippen LogP contribution in [0.25, 0.3) is 0 Å². The number of nitrogen functional groups attached to an aromatic ring is 1. The van der Waals surface area contributed by atoms with E-state index in [-0.39, 0.29) is 5.91 Å². The van der Waals surface area contributed by atoms with Crippen molar-refractivity contribution in [2.45, 2.75) is 25.3 Å². The number of hydrogen-bond donors (Lipinski definition) is 1. The SMILES string of the molecule is CN1CCCC2CN(C(=O)c3cc(N)cn3C)CCC21. The Kier molecular flexibility index (Phi) is 3.46. The lowest BCUT2D eigenvalue weighted by atomic mass is 9.84. The smallest absolute Gasteiger partial charge is 0.270 e. The predicted octanol–water partition coefficient (Wildman–Crippen LogP) is 1.16. The predicted molar refractivity (Wildman–Crippen MR) is 79.5 cm³/mol. The van der Waals surface area contributed by atoms with Gasteiger partial charge in [-0.25, -0.2) is 0 Å². The summed E-state index contributed by atoms with van der Waals surface area (Å²) in [6.07, 6.45) is 5.38. The largest absolute Gasteiger partial charge is 0.397 e. The molecule has 0 saturated carbocycles. The molecule has 5 heteroatoms. The fraction of sp³-hybridized carbons (Fsp3) is 0.667. The van der Waals surface area contributed by atoms with Crippen LogP contribution in [0.15, 0.2) is 12.3 Å². The maximum Gasteiger partial charge on any atom is 0.270 e. The number of piperidine rings is 2. The number of amides is 1. The van der Waals surface area contributed by atoms with Crippen molar-refractivity contribution in [3.63, 3.8) is 0 Å². The normalized spacial score (nSPS) is 27.4. The third-order valence-electron chi connectivity index (χ3n) is 4.88. The van der Waals surface area contributed by atoms with Crippen molar-refractivity contribution < 1.29 is 4.79 Å². The average molecular weight is 276 g/mol. The number of hydrogen-bond acceptors (Lipinski definition) is 3. The zero-order valence-corrected chi connectivity index (χ0v) is 12.4. The van der Waals surface area contributed by atoms with Gasteiger partial charge in [0, 0.05) is 32.4 Å². The van der Waals surface area contributed by atoms with E-state index in [9.17, 15) is 4.79 Å². The number of carbonyl (C=O) groups is 1. The third kappa shape index (κ3) is 2.30. The number of fused-ring (bicyclic) bond motifs is 1. The van der Waals surface area contributed by atoms with Crippen LogP contribution in [0.2, 0.25) is 0 Å². The standard InChI is InChI=1S/C15H24N4O/c1-17-6-3-4-11-9-19(7-5-13(11)17)15(20)14-8-12(16)10-18(14)2/h8,10-11,13H,3-7,9,16H2,1-2H3. The quantitative estimate of drug-likeness (QED) is 0.837. The molecule has 2 aliphatic heterocycles. The van der Waals surface area contributed by atoms with Crippen LogP contribution in [0.3, 0.4) is 0 Å². The van der Waals surface area contributed by atoms with Gasteiger partial charge in [-0.2, -0.15) is 0 Å². The van der Waals surface area contributed by atoms with E-state index >= 15 is 0 Å². The van der Waals surface area contributed by atoms with E-state index in [2.05, 4.69) is 11.9 Å². The van der Waals surface area contributed by atoms with E-state index in [0.29, 0.717) is 23.3 Å². The topological polar surface area (TPSA) is 54.5 Å². The van der Waals surface area contributed by atoms with E-state index in [1.54, 1.807) is 12.3 Å². The summed E-state index contributed by atoms with van der Waals surface area (Å²) in [5, 5.41) is 0. The molecule has 1 aromatic heterocycles. The molecule has 0 aliphatic carbocycles. The van der Waals surface area contributed by atoms with Crippen LogP contribution in [0.4, 0.5) is 5.69 Å². The first-order valence-electron chi connectivity index (χ1n) is 7.47. The molecular formula is C15H24N4O. The molecule has 20 heavy (non-hydrogen) atoms. The lowest BCUT2D eigenvalue weighted by molar-refractivity contribution is 0.0311. The van der Waals surface area contributed by atoms with Crippen molar-refractivity contribution in [2.75, 3.05) is 32.4 Å². The molecular weight excluding hydrogens is 252 g/mol. The molecule has 2 N–H and O–H groups in total. The van der Waals surface area contributed by atoms with Crippen LogP contribution in [0.1, 0.15) is 29.8 Å². The summed E-state index contributed by atoms with van der Waals surface area (Å²) in [4.78, 5) is 17.1. The second kappa shape index (κ2) is 5.13. The van der Waals surface area contributed by atoms with Gasteiger partial charge in [0.25, 0.3) is 5.91 Å². The molecule has 3 heterocycles. The molecule has 2 atom stereocenters. The Morgan fingerprint density at radius 2 is 2.10 bits per heavy atom. The number of aromatic nitrogens is 1. The highest BCUT2D eigenvalue weighted by atomic mass is 16.2. The highest BCUT2D eigenvalue weighted by Crippen LogP contribution is 2.30. The van der Waals surface area contributed by atoms with E-state index in [0.717, 1.165) is 19.5 Å². The van der Waals surface area contributed by atoms with Crippen LogP contribution in [-0.2, 0) is 7.05 Å². The fourth-order valence-electron chi connectivity index (χ4n) is 3.80. The summed E-state index contributed by atoms with van der Waals surface area (Å²) in [6, 6.07) is 2.44. The highest BCUT2D eigenvalue weighted by molar-refractivity contribution is 5.93. The average Bonchev–Trinajstić information content (AvgIpc) is 2.77. The molecule has 0 spiro atoms. The van der Waals surface area contributed by atoms with Crippen molar-refractivity contribution >= 4 is 11.6 Å². The van der Waals surface area contributed by atoms with Gasteiger partial charge in [0.15, 0.2) is 0 Å². The summed E-state index contributed by atoms with van der Waals surface area (Å²) in [7, 11) is 4.09.